The Morgan fingerprint density at radius 1 is 1.19 bits per heavy atom. The topological polar surface area (TPSA) is 133 Å². The van der Waals surface area contributed by atoms with Crippen LogP contribution in [0.5, 0.6) is 0 Å². The molecular formula is C20H20N8O3. The Labute approximate surface area is 176 Å². The highest BCUT2D eigenvalue weighted by molar-refractivity contribution is 5.94. The van der Waals surface area contributed by atoms with Crippen molar-refractivity contribution < 1.29 is 14.6 Å². The van der Waals surface area contributed by atoms with Gasteiger partial charge >= 0.3 is 5.97 Å². The minimum atomic E-state index is -1.19. The summed E-state index contributed by atoms with van der Waals surface area (Å²) in [5.74, 6) is -1.04. The Balaban J connectivity index is 1.46. The molecule has 11 heteroatoms. The van der Waals surface area contributed by atoms with Crippen LogP contribution in [-0.4, -0.2) is 58.6 Å². The van der Waals surface area contributed by atoms with E-state index in [2.05, 4.69) is 30.4 Å². The molecule has 0 unspecified atom stereocenters. The van der Waals surface area contributed by atoms with E-state index in [0.29, 0.717) is 35.7 Å². The normalized spacial score (nSPS) is 14.7. The molecule has 31 heavy (non-hydrogen) atoms. The van der Waals surface area contributed by atoms with Crippen molar-refractivity contribution in [1.82, 2.24) is 34.3 Å². The number of carboxylic acid groups (broad SMARTS) is 1. The molecule has 5 heterocycles. The number of imidazole rings is 1. The first-order valence-electron chi connectivity index (χ1n) is 9.85. The Hall–Kier alpha value is -3.86. The van der Waals surface area contributed by atoms with Crippen LogP contribution >= 0.6 is 0 Å². The van der Waals surface area contributed by atoms with Gasteiger partial charge in [-0.3, -0.25) is 9.67 Å². The number of ether oxygens (including phenoxy) is 1. The van der Waals surface area contributed by atoms with Crippen molar-refractivity contribution in [2.45, 2.75) is 18.9 Å². The second-order valence-electron chi connectivity index (χ2n) is 7.35. The van der Waals surface area contributed by atoms with Crippen molar-refractivity contribution in [3.05, 3.63) is 43.0 Å². The predicted molar refractivity (Wildman–Crippen MR) is 111 cm³/mol. The van der Waals surface area contributed by atoms with Gasteiger partial charge in [-0.2, -0.15) is 5.10 Å². The van der Waals surface area contributed by atoms with E-state index >= 15 is 0 Å². The van der Waals surface area contributed by atoms with Gasteiger partial charge in [0.15, 0.2) is 11.5 Å². The third kappa shape index (κ3) is 3.59. The maximum absolute atomic E-state index is 11.9. The number of pyridine rings is 1. The maximum Gasteiger partial charge on any atom is 0.358 e. The molecule has 1 aliphatic heterocycles. The van der Waals surface area contributed by atoms with E-state index < -0.39 is 5.97 Å². The van der Waals surface area contributed by atoms with Crippen molar-refractivity contribution in [2.24, 2.45) is 7.05 Å². The van der Waals surface area contributed by atoms with Crippen LogP contribution in [0.25, 0.3) is 22.3 Å². The molecule has 0 aromatic carbocycles. The summed E-state index contributed by atoms with van der Waals surface area (Å²) in [6.07, 6.45) is 11.8. The quantitative estimate of drug-likeness (QED) is 0.499. The molecule has 158 valence electrons. The second-order valence-corrected chi connectivity index (χ2v) is 7.35. The summed E-state index contributed by atoms with van der Waals surface area (Å²) in [6, 6.07) is 0.267. The lowest BCUT2D eigenvalue weighted by molar-refractivity contribution is 0.0662. The highest BCUT2D eigenvalue weighted by Gasteiger charge is 2.20. The third-order valence-corrected chi connectivity index (χ3v) is 5.32. The maximum atomic E-state index is 11.9. The van der Waals surface area contributed by atoms with Crippen molar-refractivity contribution in [1.29, 1.82) is 0 Å². The standard InChI is InChI=1S/C20H20N8O3/c1-27-11-23-17-14(7-21-9-16(17)27)15-8-22-19(18(26-15)20(29)30)25-12-6-24-28(10-12)13-2-4-31-5-3-13/h6-11,13H,2-5H2,1H3,(H,22,25)(H,29,30). The van der Waals surface area contributed by atoms with Gasteiger partial charge in [-0.15, -0.1) is 0 Å². The fourth-order valence-electron chi connectivity index (χ4n) is 3.68. The smallest absolute Gasteiger partial charge is 0.358 e. The van der Waals surface area contributed by atoms with Crippen LogP contribution in [0.3, 0.4) is 0 Å². The average Bonchev–Trinajstić information content (AvgIpc) is 3.41. The van der Waals surface area contributed by atoms with Gasteiger partial charge in [-0.05, 0) is 12.8 Å². The van der Waals surface area contributed by atoms with Gasteiger partial charge in [0, 0.05) is 38.2 Å². The first kappa shape index (κ1) is 19.1. The van der Waals surface area contributed by atoms with Gasteiger partial charge in [0.1, 0.15) is 5.52 Å². The number of carbonyl (C=O) groups is 1. The lowest BCUT2D eigenvalue weighted by Gasteiger charge is -2.22. The largest absolute Gasteiger partial charge is 0.476 e. The summed E-state index contributed by atoms with van der Waals surface area (Å²) in [4.78, 5) is 29.2. The van der Waals surface area contributed by atoms with Crippen LogP contribution in [0.15, 0.2) is 37.3 Å². The monoisotopic (exact) mass is 420 g/mol. The Morgan fingerprint density at radius 2 is 2.03 bits per heavy atom. The van der Waals surface area contributed by atoms with E-state index in [-0.39, 0.29) is 17.6 Å². The Kier molecular flexibility index (Phi) is 4.79. The second kappa shape index (κ2) is 7.76. The summed E-state index contributed by atoms with van der Waals surface area (Å²) in [7, 11) is 1.86. The molecule has 5 rings (SSSR count). The number of hydrogen-bond donors (Lipinski definition) is 2. The van der Waals surface area contributed by atoms with E-state index in [0.717, 1.165) is 18.4 Å². The lowest BCUT2D eigenvalue weighted by Crippen LogP contribution is -2.19. The van der Waals surface area contributed by atoms with E-state index in [9.17, 15) is 9.90 Å². The highest BCUT2D eigenvalue weighted by atomic mass is 16.5. The van der Waals surface area contributed by atoms with Crippen LogP contribution in [0.2, 0.25) is 0 Å². The number of aromatic nitrogens is 7. The Bertz CT molecular complexity index is 1260. The number of hydrogen-bond acceptors (Lipinski definition) is 8. The fourth-order valence-corrected chi connectivity index (χ4v) is 3.68. The van der Waals surface area contributed by atoms with Gasteiger partial charge < -0.3 is 19.7 Å². The zero-order valence-electron chi connectivity index (χ0n) is 16.8. The molecule has 0 radical (unpaired) electrons. The van der Waals surface area contributed by atoms with E-state index in [1.165, 1.54) is 6.20 Å². The van der Waals surface area contributed by atoms with Gasteiger partial charge in [0.05, 0.1) is 47.9 Å². The molecule has 0 spiro atoms. The van der Waals surface area contributed by atoms with Gasteiger partial charge in [0.2, 0.25) is 0 Å². The average molecular weight is 420 g/mol. The zero-order chi connectivity index (χ0) is 21.4. The van der Waals surface area contributed by atoms with Crippen molar-refractivity contribution in [3.63, 3.8) is 0 Å². The van der Waals surface area contributed by atoms with Crippen molar-refractivity contribution >= 4 is 28.5 Å². The molecule has 0 atom stereocenters. The van der Waals surface area contributed by atoms with Crippen LogP contribution in [0.4, 0.5) is 11.5 Å². The molecule has 0 bridgehead atoms. The number of nitrogens with zero attached hydrogens (tertiary/aromatic N) is 7. The molecule has 11 nitrogen and oxygen atoms in total. The first-order chi connectivity index (χ1) is 15.1. The number of anilines is 2. The SMILES string of the molecule is Cn1cnc2c(-c3cnc(Nc4cnn(C5CCOCC5)c4)c(C(=O)O)n3)cncc21. The first-order valence-corrected chi connectivity index (χ1v) is 9.85. The molecule has 1 saturated heterocycles. The van der Waals surface area contributed by atoms with Crippen LogP contribution in [0.1, 0.15) is 29.4 Å². The van der Waals surface area contributed by atoms with Crippen LogP contribution < -0.4 is 5.32 Å². The number of aromatic carboxylic acids is 1. The number of aryl methyl sites for hydroxylation is 1. The van der Waals surface area contributed by atoms with E-state index in [4.69, 9.17) is 4.74 Å². The molecule has 1 fully saturated rings. The van der Waals surface area contributed by atoms with Gasteiger partial charge in [0.25, 0.3) is 0 Å². The minimum Gasteiger partial charge on any atom is -0.476 e. The molecule has 1 aliphatic rings. The molecule has 4 aromatic rings. The minimum absolute atomic E-state index is 0.143. The van der Waals surface area contributed by atoms with Gasteiger partial charge in [-0.1, -0.05) is 0 Å². The number of rotatable bonds is 5. The third-order valence-electron chi connectivity index (χ3n) is 5.32. The van der Waals surface area contributed by atoms with E-state index in [1.54, 1.807) is 24.9 Å². The molecule has 0 aliphatic carbocycles. The lowest BCUT2D eigenvalue weighted by atomic mass is 10.1. The van der Waals surface area contributed by atoms with Crippen LogP contribution in [0, 0.1) is 0 Å². The number of fused-ring (bicyclic) bond motifs is 1. The Morgan fingerprint density at radius 3 is 2.84 bits per heavy atom. The predicted octanol–water partition coefficient (Wildman–Crippen LogP) is 2.42. The fraction of sp³-hybridized carbons (Fsp3) is 0.300. The summed E-state index contributed by atoms with van der Waals surface area (Å²) < 4.78 is 9.10. The molecule has 4 aromatic heterocycles. The summed E-state index contributed by atoms with van der Waals surface area (Å²) in [6.45, 7) is 1.42. The van der Waals surface area contributed by atoms with Gasteiger partial charge in [-0.25, -0.2) is 19.7 Å². The summed E-state index contributed by atoms with van der Waals surface area (Å²) in [5, 5.41) is 17.2. The molecule has 2 N–H and O–H groups in total. The molecule has 0 amide bonds. The van der Waals surface area contributed by atoms with Crippen LogP contribution in [-0.2, 0) is 11.8 Å². The zero-order valence-corrected chi connectivity index (χ0v) is 16.8. The highest BCUT2D eigenvalue weighted by Crippen LogP contribution is 2.27. The van der Waals surface area contributed by atoms with Crippen molar-refractivity contribution in [2.75, 3.05) is 18.5 Å². The summed E-state index contributed by atoms with van der Waals surface area (Å²) in [5.41, 5.74) is 2.96. The van der Waals surface area contributed by atoms with E-state index in [1.807, 2.05) is 22.5 Å². The number of carboxylic acids is 1. The number of nitrogens with one attached hydrogen (secondary N) is 1. The molecular weight excluding hydrogens is 400 g/mol. The molecule has 0 saturated carbocycles. The summed E-state index contributed by atoms with van der Waals surface area (Å²) >= 11 is 0. The van der Waals surface area contributed by atoms with Crippen molar-refractivity contribution in [3.8, 4) is 11.3 Å².